The number of ether oxygens (including phenoxy) is 1. The van der Waals surface area contributed by atoms with Crippen LogP contribution in [0.3, 0.4) is 0 Å². The fraction of sp³-hybridized carbons (Fsp3) is 0.286. The van der Waals surface area contributed by atoms with Crippen molar-refractivity contribution in [1.82, 2.24) is 5.32 Å². The third-order valence-corrected chi connectivity index (χ3v) is 4.64. The van der Waals surface area contributed by atoms with Gasteiger partial charge in [0.15, 0.2) is 6.10 Å². The van der Waals surface area contributed by atoms with Gasteiger partial charge in [0.2, 0.25) is 5.91 Å². The Labute approximate surface area is 172 Å². The van der Waals surface area contributed by atoms with E-state index in [1.807, 2.05) is 44.2 Å². The molecule has 0 bridgehead atoms. The van der Waals surface area contributed by atoms with Gasteiger partial charge in [0.1, 0.15) is 0 Å². The van der Waals surface area contributed by atoms with Crippen LogP contribution >= 0.6 is 15.9 Å². The number of aryl methyl sites for hydroxylation is 2. The van der Waals surface area contributed by atoms with Crippen LogP contribution in [0.2, 0.25) is 0 Å². The predicted molar refractivity (Wildman–Crippen MR) is 111 cm³/mol. The molecule has 2 aromatic carbocycles. The van der Waals surface area contributed by atoms with E-state index < -0.39 is 18.0 Å². The van der Waals surface area contributed by atoms with Crippen LogP contribution in [-0.4, -0.2) is 30.4 Å². The van der Waals surface area contributed by atoms with E-state index in [4.69, 9.17) is 4.74 Å². The highest BCUT2D eigenvalue weighted by Crippen LogP contribution is 2.19. The van der Waals surface area contributed by atoms with Gasteiger partial charge in [-0.3, -0.25) is 14.4 Å². The van der Waals surface area contributed by atoms with E-state index in [-0.39, 0.29) is 18.9 Å². The number of halogens is 1. The van der Waals surface area contributed by atoms with Crippen molar-refractivity contribution >= 4 is 39.4 Å². The number of hydrogen-bond donors (Lipinski definition) is 2. The van der Waals surface area contributed by atoms with Crippen molar-refractivity contribution < 1.29 is 19.1 Å². The number of amides is 2. The van der Waals surface area contributed by atoms with E-state index in [9.17, 15) is 14.4 Å². The maximum Gasteiger partial charge on any atom is 0.311 e. The molecule has 2 rings (SSSR count). The molecular weight excluding hydrogens is 424 g/mol. The standard InChI is InChI=1S/C21H23BrN2O4/c1-13-5-4-6-14(2)20(13)24-18(25)12-23-21(27)15(3)28-19(26)11-16-7-9-17(22)10-8-16/h4-10,15H,11-12H2,1-3H3,(H,23,27)(H,24,25). The zero-order chi connectivity index (χ0) is 20.7. The number of esters is 1. The Morgan fingerprint density at radius 2 is 1.64 bits per heavy atom. The van der Waals surface area contributed by atoms with Crippen molar-refractivity contribution in [3.63, 3.8) is 0 Å². The molecule has 0 spiro atoms. The zero-order valence-electron chi connectivity index (χ0n) is 16.0. The fourth-order valence-electron chi connectivity index (χ4n) is 2.57. The fourth-order valence-corrected chi connectivity index (χ4v) is 2.83. The summed E-state index contributed by atoms with van der Waals surface area (Å²) in [5.41, 5.74) is 3.40. The molecule has 0 fully saturated rings. The summed E-state index contributed by atoms with van der Waals surface area (Å²) in [6.07, 6.45) is -0.922. The van der Waals surface area contributed by atoms with Crippen LogP contribution < -0.4 is 10.6 Å². The molecule has 0 aliphatic carbocycles. The molecule has 0 radical (unpaired) electrons. The van der Waals surface area contributed by atoms with Crippen molar-refractivity contribution in [3.05, 3.63) is 63.6 Å². The molecule has 2 N–H and O–H groups in total. The summed E-state index contributed by atoms with van der Waals surface area (Å²) < 4.78 is 6.05. The first-order valence-electron chi connectivity index (χ1n) is 8.84. The van der Waals surface area contributed by atoms with Gasteiger partial charge in [-0.2, -0.15) is 0 Å². The summed E-state index contributed by atoms with van der Waals surface area (Å²) in [6.45, 7) is 5.06. The normalized spacial score (nSPS) is 11.4. The molecule has 148 valence electrons. The number of benzene rings is 2. The van der Waals surface area contributed by atoms with Gasteiger partial charge < -0.3 is 15.4 Å². The molecule has 0 aliphatic rings. The molecule has 6 nitrogen and oxygen atoms in total. The molecule has 28 heavy (non-hydrogen) atoms. The lowest BCUT2D eigenvalue weighted by molar-refractivity contribution is -0.154. The average Bonchev–Trinajstić information content (AvgIpc) is 2.64. The van der Waals surface area contributed by atoms with Gasteiger partial charge in [0.05, 0.1) is 13.0 Å². The summed E-state index contributed by atoms with van der Waals surface area (Å²) in [4.78, 5) is 36.2. The van der Waals surface area contributed by atoms with Crippen LogP contribution in [-0.2, 0) is 25.5 Å². The van der Waals surface area contributed by atoms with Crippen LogP contribution in [0, 0.1) is 13.8 Å². The number of carbonyl (C=O) groups excluding carboxylic acids is 3. The van der Waals surface area contributed by atoms with Gasteiger partial charge in [-0.1, -0.05) is 46.3 Å². The lowest BCUT2D eigenvalue weighted by Crippen LogP contribution is -2.40. The minimum atomic E-state index is -0.990. The molecule has 0 saturated heterocycles. The maximum absolute atomic E-state index is 12.1. The van der Waals surface area contributed by atoms with E-state index in [0.29, 0.717) is 0 Å². The monoisotopic (exact) mass is 446 g/mol. The second kappa shape index (κ2) is 10.0. The molecule has 0 aromatic heterocycles. The molecule has 2 aromatic rings. The summed E-state index contributed by atoms with van der Waals surface area (Å²) in [5.74, 6) is -1.38. The van der Waals surface area contributed by atoms with Crippen molar-refractivity contribution in [3.8, 4) is 0 Å². The van der Waals surface area contributed by atoms with Crippen LogP contribution in [0.25, 0.3) is 0 Å². The second-order valence-corrected chi connectivity index (χ2v) is 7.38. The molecule has 0 aliphatic heterocycles. The van der Waals surface area contributed by atoms with Crippen LogP contribution in [0.15, 0.2) is 46.9 Å². The molecule has 1 atom stereocenters. The Hall–Kier alpha value is -2.67. The van der Waals surface area contributed by atoms with Gasteiger partial charge in [-0.15, -0.1) is 0 Å². The van der Waals surface area contributed by atoms with Gasteiger partial charge in [-0.25, -0.2) is 0 Å². The average molecular weight is 447 g/mol. The number of rotatable bonds is 7. The molecule has 1 unspecified atom stereocenters. The Morgan fingerprint density at radius 1 is 1.04 bits per heavy atom. The van der Waals surface area contributed by atoms with E-state index in [1.54, 1.807) is 12.1 Å². The van der Waals surface area contributed by atoms with Crippen LogP contribution in [0.1, 0.15) is 23.6 Å². The first-order chi connectivity index (χ1) is 13.3. The highest BCUT2D eigenvalue weighted by atomic mass is 79.9. The summed E-state index contributed by atoms with van der Waals surface area (Å²) in [5, 5.41) is 5.27. The number of anilines is 1. The van der Waals surface area contributed by atoms with Crippen molar-refractivity contribution in [2.75, 3.05) is 11.9 Å². The first kappa shape index (κ1) is 21.6. The van der Waals surface area contributed by atoms with E-state index >= 15 is 0 Å². The van der Waals surface area contributed by atoms with Gasteiger partial charge in [-0.05, 0) is 49.6 Å². The smallest absolute Gasteiger partial charge is 0.311 e. The quantitative estimate of drug-likeness (QED) is 0.638. The molecular formula is C21H23BrN2O4. The van der Waals surface area contributed by atoms with E-state index in [2.05, 4.69) is 26.6 Å². The highest BCUT2D eigenvalue weighted by molar-refractivity contribution is 9.10. The number of para-hydroxylation sites is 1. The number of nitrogens with one attached hydrogen (secondary N) is 2. The Bertz CT molecular complexity index is 845. The van der Waals surface area contributed by atoms with E-state index in [1.165, 1.54) is 6.92 Å². The summed E-state index contributed by atoms with van der Waals surface area (Å²) in [6, 6.07) is 13.0. The zero-order valence-corrected chi connectivity index (χ0v) is 17.6. The van der Waals surface area contributed by atoms with Gasteiger partial charge in [0.25, 0.3) is 5.91 Å². The summed E-state index contributed by atoms with van der Waals surface area (Å²) >= 11 is 3.33. The number of carbonyl (C=O) groups is 3. The molecule has 0 saturated carbocycles. The lowest BCUT2D eigenvalue weighted by atomic mass is 10.1. The molecule has 0 heterocycles. The summed E-state index contributed by atoms with van der Waals surface area (Å²) in [7, 11) is 0. The Balaban J connectivity index is 1.79. The van der Waals surface area contributed by atoms with Gasteiger partial charge >= 0.3 is 5.97 Å². The van der Waals surface area contributed by atoms with Crippen LogP contribution in [0.5, 0.6) is 0 Å². The lowest BCUT2D eigenvalue weighted by Gasteiger charge is -2.15. The van der Waals surface area contributed by atoms with Crippen LogP contribution in [0.4, 0.5) is 5.69 Å². The van der Waals surface area contributed by atoms with Crippen molar-refractivity contribution in [2.45, 2.75) is 33.3 Å². The van der Waals surface area contributed by atoms with Crippen molar-refractivity contribution in [2.24, 2.45) is 0 Å². The maximum atomic E-state index is 12.1. The first-order valence-corrected chi connectivity index (χ1v) is 9.63. The number of hydrogen-bond acceptors (Lipinski definition) is 4. The second-order valence-electron chi connectivity index (χ2n) is 6.47. The third kappa shape index (κ3) is 6.49. The molecule has 2 amide bonds. The van der Waals surface area contributed by atoms with Gasteiger partial charge in [0, 0.05) is 10.2 Å². The third-order valence-electron chi connectivity index (χ3n) is 4.11. The topological polar surface area (TPSA) is 84.5 Å². The minimum Gasteiger partial charge on any atom is -0.452 e. The minimum absolute atomic E-state index is 0.0674. The molecule has 7 heteroatoms. The highest BCUT2D eigenvalue weighted by Gasteiger charge is 2.19. The SMILES string of the molecule is Cc1cccc(C)c1NC(=O)CNC(=O)C(C)OC(=O)Cc1ccc(Br)cc1. The Morgan fingerprint density at radius 3 is 2.25 bits per heavy atom. The largest absolute Gasteiger partial charge is 0.452 e. The van der Waals surface area contributed by atoms with E-state index in [0.717, 1.165) is 26.9 Å². The Kier molecular flexibility index (Phi) is 7.75. The predicted octanol–water partition coefficient (Wildman–Crippen LogP) is 3.30. The van der Waals surface area contributed by atoms with Crippen molar-refractivity contribution in [1.29, 1.82) is 0 Å².